The number of nitrogens with one attached hydrogen (secondary N) is 1. The number of nitrogens with zero attached hydrogens (tertiary/aromatic N) is 2. The van der Waals surface area contributed by atoms with Gasteiger partial charge in [-0.25, -0.2) is 0 Å². The summed E-state index contributed by atoms with van der Waals surface area (Å²) >= 11 is 0. The van der Waals surface area contributed by atoms with Crippen LogP contribution in [0.2, 0.25) is 0 Å². The van der Waals surface area contributed by atoms with Crippen LogP contribution in [-0.4, -0.2) is 29.3 Å². The van der Waals surface area contributed by atoms with Crippen LogP contribution in [0.5, 0.6) is 0 Å². The lowest BCUT2D eigenvalue weighted by Gasteiger charge is -2.15. The van der Waals surface area contributed by atoms with Crippen LogP contribution < -0.4 is 5.32 Å². The highest BCUT2D eigenvalue weighted by molar-refractivity contribution is 4.94. The molecule has 2 rings (SSSR count). The van der Waals surface area contributed by atoms with Gasteiger partial charge in [-0.1, -0.05) is 25.4 Å². The first-order valence-electron chi connectivity index (χ1n) is 7.51. The smallest absolute Gasteiger partial charge is 0.228 e. The normalized spacial score (nSPS) is 20.8. The topological polar surface area (TPSA) is 60.2 Å². The maximum absolute atomic E-state index is 5.57. The fourth-order valence-corrected chi connectivity index (χ4v) is 2.45. The third-order valence-corrected chi connectivity index (χ3v) is 3.44. The summed E-state index contributed by atoms with van der Waals surface area (Å²) in [7, 11) is 0. The lowest BCUT2D eigenvalue weighted by molar-refractivity contribution is 0.103. The Morgan fingerprint density at radius 3 is 2.95 bits per heavy atom. The van der Waals surface area contributed by atoms with Crippen molar-refractivity contribution in [3.8, 4) is 0 Å². The molecule has 5 heteroatoms. The molecular formula is C14H25N3O2. The first-order chi connectivity index (χ1) is 9.33. The van der Waals surface area contributed by atoms with Crippen molar-refractivity contribution in [3.63, 3.8) is 0 Å². The van der Waals surface area contributed by atoms with E-state index in [4.69, 9.17) is 9.26 Å². The third-order valence-electron chi connectivity index (χ3n) is 3.44. The van der Waals surface area contributed by atoms with Gasteiger partial charge in [-0.3, -0.25) is 0 Å². The second-order valence-corrected chi connectivity index (χ2v) is 5.19. The van der Waals surface area contributed by atoms with E-state index in [1.807, 2.05) is 0 Å². The van der Waals surface area contributed by atoms with Gasteiger partial charge in [0.25, 0.3) is 0 Å². The Labute approximate surface area is 115 Å². The summed E-state index contributed by atoms with van der Waals surface area (Å²) in [5, 5.41) is 7.59. The highest BCUT2D eigenvalue weighted by Gasteiger charge is 2.23. The van der Waals surface area contributed by atoms with Gasteiger partial charge in [0.15, 0.2) is 0 Å². The molecule has 2 heterocycles. The molecule has 0 aromatic carbocycles. The highest BCUT2D eigenvalue weighted by atomic mass is 16.5. The van der Waals surface area contributed by atoms with Crippen LogP contribution in [0.25, 0.3) is 0 Å². The van der Waals surface area contributed by atoms with Crippen molar-refractivity contribution in [2.45, 2.75) is 64.5 Å². The van der Waals surface area contributed by atoms with E-state index in [-0.39, 0.29) is 6.10 Å². The first kappa shape index (κ1) is 14.5. The van der Waals surface area contributed by atoms with Crippen molar-refractivity contribution in [1.29, 1.82) is 0 Å². The molecule has 0 aliphatic carbocycles. The fourth-order valence-electron chi connectivity index (χ4n) is 2.45. The predicted octanol–water partition coefficient (Wildman–Crippen LogP) is 2.63. The van der Waals surface area contributed by atoms with Crippen molar-refractivity contribution in [2.24, 2.45) is 0 Å². The summed E-state index contributed by atoms with van der Waals surface area (Å²) < 4.78 is 10.9. The van der Waals surface area contributed by atoms with Gasteiger partial charge in [-0.05, 0) is 32.2 Å². The molecular weight excluding hydrogens is 242 g/mol. The van der Waals surface area contributed by atoms with Gasteiger partial charge in [0, 0.05) is 19.1 Å². The van der Waals surface area contributed by atoms with Crippen molar-refractivity contribution in [2.75, 3.05) is 13.2 Å². The van der Waals surface area contributed by atoms with Gasteiger partial charge >= 0.3 is 0 Å². The second-order valence-electron chi connectivity index (χ2n) is 5.19. The zero-order chi connectivity index (χ0) is 13.5. The maximum Gasteiger partial charge on any atom is 0.228 e. The number of aromatic nitrogens is 2. The molecule has 1 aromatic rings. The summed E-state index contributed by atoms with van der Waals surface area (Å²) in [5.41, 5.74) is 0. The van der Waals surface area contributed by atoms with Crippen LogP contribution in [0.3, 0.4) is 0 Å². The van der Waals surface area contributed by atoms with E-state index in [9.17, 15) is 0 Å². The standard InChI is InChI=1S/C14H25N3O2/c1-3-6-11(15-8-4-2)10-13-16-14(17-19-13)12-7-5-9-18-12/h11-12,15H,3-10H2,1-2H3. The van der Waals surface area contributed by atoms with Gasteiger partial charge in [-0.2, -0.15) is 4.98 Å². The summed E-state index contributed by atoms with van der Waals surface area (Å²) in [6.45, 7) is 6.23. The van der Waals surface area contributed by atoms with E-state index >= 15 is 0 Å². The lowest BCUT2D eigenvalue weighted by Crippen LogP contribution is -2.31. The summed E-state index contributed by atoms with van der Waals surface area (Å²) in [6.07, 6.45) is 6.40. The van der Waals surface area contributed by atoms with Gasteiger partial charge in [0.05, 0.1) is 0 Å². The van der Waals surface area contributed by atoms with Gasteiger partial charge in [-0.15, -0.1) is 0 Å². The molecule has 0 radical (unpaired) electrons. The summed E-state index contributed by atoms with van der Waals surface area (Å²) in [5.74, 6) is 1.45. The summed E-state index contributed by atoms with van der Waals surface area (Å²) in [4.78, 5) is 4.48. The van der Waals surface area contributed by atoms with Crippen LogP contribution in [0.15, 0.2) is 4.52 Å². The molecule has 0 amide bonds. The van der Waals surface area contributed by atoms with Crippen molar-refractivity contribution in [3.05, 3.63) is 11.7 Å². The van der Waals surface area contributed by atoms with Gasteiger partial charge < -0.3 is 14.6 Å². The molecule has 108 valence electrons. The van der Waals surface area contributed by atoms with Crippen LogP contribution in [0, 0.1) is 0 Å². The number of rotatable bonds is 8. The van der Waals surface area contributed by atoms with Crippen LogP contribution in [-0.2, 0) is 11.2 Å². The molecule has 0 bridgehead atoms. The van der Waals surface area contributed by atoms with Crippen LogP contribution in [0.1, 0.15) is 63.8 Å². The van der Waals surface area contributed by atoms with Crippen LogP contribution >= 0.6 is 0 Å². The molecule has 2 atom stereocenters. The lowest BCUT2D eigenvalue weighted by atomic mass is 10.1. The van der Waals surface area contributed by atoms with Crippen molar-refractivity contribution >= 4 is 0 Å². The van der Waals surface area contributed by atoms with E-state index in [1.165, 1.54) is 0 Å². The molecule has 1 fully saturated rings. The molecule has 1 saturated heterocycles. The number of hydrogen-bond acceptors (Lipinski definition) is 5. The monoisotopic (exact) mass is 267 g/mol. The zero-order valence-electron chi connectivity index (χ0n) is 12.0. The summed E-state index contributed by atoms with van der Waals surface area (Å²) in [6, 6.07) is 0.433. The van der Waals surface area contributed by atoms with Crippen molar-refractivity contribution in [1.82, 2.24) is 15.5 Å². The molecule has 0 saturated carbocycles. The van der Waals surface area contributed by atoms with E-state index in [0.717, 1.165) is 63.4 Å². The average molecular weight is 267 g/mol. The second kappa shape index (κ2) is 7.60. The van der Waals surface area contributed by atoms with E-state index in [2.05, 4.69) is 29.3 Å². The molecule has 1 N–H and O–H groups in total. The Balaban J connectivity index is 1.89. The Morgan fingerprint density at radius 2 is 2.26 bits per heavy atom. The minimum Gasteiger partial charge on any atom is -0.370 e. The average Bonchev–Trinajstić information content (AvgIpc) is 3.06. The number of ether oxygens (including phenoxy) is 1. The Hall–Kier alpha value is -0.940. The largest absolute Gasteiger partial charge is 0.370 e. The van der Waals surface area contributed by atoms with Gasteiger partial charge in [0.2, 0.25) is 11.7 Å². The maximum atomic E-state index is 5.57. The molecule has 19 heavy (non-hydrogen) atoms. The Bertz CT molecular complexity index is 361. The predicted molar refractivity (Wildman–Crippen MR) is 72.9 cm³/mol. The number of hydrogen-bond donors (Lipinski definition) is 1. The minimum atomic E-state index is 0.0470. The van der Waals surface area contributed by atoms with Crippen molar-refractivity contribution < 1.29 is 9.26 Å². The third kappa shape index (κ3) is 4.28. The SMILES string of the molecule is CCCNC(CCC)Cc1nc(C2CCCO2)no1. The first-order valence-corrected chi connectivity index (χ1v) is 7.51. The zero-order valence-corrected chi connectivity index (χ0v) is 12.0. The molecule has 1 aromatic heterocycles. The van der Waals surface area contributed by atoms with E-state index in [1.54, 1.807) is 0 Å². The fraction of sp³-hybridized carbons (Fsp3) is 0.857. The molecule has 2 unspecified atom stereocenters. The van der Waals surface area contributed by atoms with Gasteiger partial charge in [0.1, 0.15) is 6.10 Å². The highest BCUT2D eigenvalue weighted by Crippen LogP contribution is 2.26. The quantitative estimate of drug-likeness (QED) is 0.784. The van der Waals surface area contributed by atoms with E-state index < -0.39 is 0 Å². The molecule has 1 aliphatic rings. The molecule has 5 nitrogen and oxygen atoms in total. The molecule has 0 spiro atoms. The van der Waals surface area contributed by atoms with E-state index in [0.29, 0.717) is 6.04 Å². The Morgan fingerprint density at radius 1 is 1.37 bits per heavy atom. The minimum absolute atomic E-state index is 0.0470. The van der Waals surface area contributed by atoms with Crippen LogP contribution in [0.4, 0.5) is 0 Å². The Kier molecular flexibility index (Phi) is 5.79. The molecule has 1 aliphatic heterocycles.